The van der Waals surface area contributed by atoms with Crippen molar-refractivity contribution in [2.24, 2.45) is 0 Å². The predicted molar refractivity (Wildman–Crippen MR) is 83.1 cm³/mol. The first-order chi connectivity index (χ1) is 9.65. The lowest BCUT2D eigenvalue weighted by molar-refractivity contribution is 0.560. The van der Waals surface area contributed by atoms with Gasteiger partial charge in [-0.2, -0.15) is 0 Å². The van der Waals surface area contributed by atoms with E-state index in [1.54, 1.807) is 0 Å². The number of aryl methyl sites for hydroxylation is 1. The van der Waals surface area contributed by atoms with Crippen LogP contribution in [0.25, 0.3) is 11.0 Å². The van der Waals surface area contributed by atoms with Crippen molar-refractivity contribution in [3.05, 3.63) is 52.9 Å². The predicted octanol–water partition coefficient (Wildman–Crippen LogP) is 3.12. The van der Waals surface area contributed by atoms with E-state index in [4.69, 9.17) is 10.8 Å². The molecule has 0 atom stereocenters. The first-order valence-corrected chi connectivity index (χ1v) is 6.49. The Balaban J connectivity index is 2.46. The number of hydrogen-bond acceptors (Lipinski definition) is 3. The van der Waals surface area contributed by atoms with Gasteiger partial charge in [-0.15, -0.1) is 13.0 Å². The molecule has 2 aromatic rings. The zero-order chi connectivity index (χ0) is 14.5. The average molecular weight is 267 g/mol. The number of nitrogens with zero attached hydrogens (tertiary/aromatic N) is 1. The van der Waals surface area contributed by atoms with Crippen molar-refractivity contribution in [2.75, 3.05) is 18.0 Å². The van der Waals surface area contributed by atoms with Crippen molar-refractivity contribution in [3.8, 4) is 12.3 Å². The Morgan fingerprint density at radius 2 is 2.25 bits per heavy atom. The molecular weight excluding hydrogens is 250 g/mol. The first-order valence-electron chi connectivity index (χ1n) is 6.49. The van der Waals surface area contributed by atoms with E-state index in [0.29, 0.717) is 12.1 Å². The largest absolute Gasteiger partial charge is 0.423 e. The lowest BCUT2D eigenvalue weighted by atomic mass is 10.1. The third-order valence-corrected chi connectivity index (χ3v) is 3.19. The molecule has 2 rings (SSSR count). The maximum atomic E-state index is 11.5. The van der Waals surface area contributed by atoms with Crippen LogP contribution in [0.4, 0.5) is 5.69 Å². The van der Waals surface area contributed by atoms with Crippen molar-refractivity contribution < 1.29 is 4.42 Å². The summed E-state index contributed by atoms with van der Waals surface area (Å²) in [5, 5.41) is 0.942. The Labute approximate surface area is 118 Å². The van der Waals surface area contributed by atoms with Gasteiger partial charge in [0.1, 0.15) is 5.58 Å². The van der Waals surface area contributed by atoms with E-state index in [9.17, 15) is 4.79 Å². The smallest absolute Gasteiger partial charge is 0.336 e. The van der Waals surface area contributed by atoms with Crippen LogP contribution in [0.1, 0.15) is 12.0 Å². The fraction of sp³-hybridized carbons (Fsp3) is 0.235. The summed E-state index contributed by atoms with van der Waals surface area (Å²) in [6.45, 7) is 6.92. The molecule has 3 heteroatoms. The van der Waals surface area contributed by atoms with Crippen LogP contribution in [-0.4, -0.2) is 13.1 Å². The van der Waals surface area contributed by atoms with E-state index in [1.165, 1.54) is 6.07 Å². The maximum absolute atomic E-state index is 11.5. The molecule has 0 aliphatic heterocycles. The van der Waals surface area contributed by atoms with Crippen LogP contribution >= 0.6 is 0 Å². The Hall–Kier alpha value is -2.47. The van der Waals surface area contributed by atoms with E-state index < -0.39 is 0 Å². The molecule has 0 N–H and O–H groups in total. The topological polar surface area (TPSA) is 33.5 Å². The molecule has 0 fully saturated rings. The molecule has 0 spiro atoms. The summed E-state index contributed by atoms with van der Waals surface area (Å²) in [4.78, 5) is 13.5. The van der Waals surface area contributed by atoms with E-state index in [-0.39, 0.29) is 5.63 Å². The van der Waals surface area contributed by atoms with Crippen LogP contribution in [0.15, 0.2) is 46.1 Å². The minimum atomic E-state index is -0.332. The summed E-state index contributed by atoms with van der Waals surface area (Å²) in [5.41, 5.74) is 2.12. The van der Waals surface area contributed by atoms with E-state index >= 15 is 0 Å². The van der Waals surface area contributed by atoms with Gasteiger partial charge in [0.15, 0.2) is 0 Å². The SMILES string of the molecule is C#CCN(CCC=C)c1ccc2c(C)cc(=O)oc2c1. The van der Waals surface area contributed by atoms with E-state index in [0.717, 1.165) is 29.6 Å². The average Bonchev–Trinajstić information content (AvgIpc) is 2.42. The van der Waals surface area contributed by atoms with Crippen molar-refractivity contribution in [1.82, 2.24) is 0 Å². The quantitative estimate of drug-likeness (QED) is 0.474. The van der Waals surface area contributed by atoms with Gasteiger partial charge in [-0.3, -0.25) is 0 Å². The zero-order valence-electron chi connectivity index (χ0n) is 11.6. The minimum Gasteiger partial charge on any atom is -0.423 e. The highest BCUT2D eigenvalue weighted by Crippen LogP contribution is 2.23. The Kier molecular flexibility index (Phi) is 4.27. The number of fused-ring (bicyclic) bond motifs is 1. The lowest BCUT2D eigenvalue weighted by Gasteiger charge is -2.22. The second kappa shape index (κ2) is 6.12. The third kappa shape index (κ3) is 2.92. The Morgan fingerprint density at radius 3 is 2.95 bits per heavy atom. The van der Waals surface area contributed by atoms with Crippen LogP contribution in [0, 0.1) is 19.3 Å². The van der Waals surface area contributed by atoms with Gasteiger partial charge >= 0.3 is 5.63 Å². The molecule has 0 bridgehead atoms. The summed E-state index contributed by atoms with van der Waals surface area (Å²) < 4.78 is 5.26. The standard InChI is InChI=1S/C17H17NO2/c1-4-6-10-18(9-5-2)14-7-8-15-13(3)11-17(19)20-16(15)12-14/h2,4,7-8,11-12H,1,6,9-10H2,3H3. The van der Waals surface area contributed by atoms with Crippen molar-refractivity contribution in [2.45, 2.75) is 13.3 Å². The second-order valence-electron chi connectivity index (χ2n) is 4.63. The summed E-state index contributed by atoms with van der Waals surface area (Å²) in [6.07, 6.45) is 8.11. The van der Waals surface area contributed by atoms with Crippen molar-refractivity contribution >= 4 is 16.7 Å². The molecule has 3 nitrogen and oxygen atoms in total. The van der Waals surface area contributed by atoms with E-state index in [2.05, 4.69) is 17.4 Å². The molecule has 1 aromatic heterocycles. The molecule has 0 saturated heterocycles. The number of rotatable bonds is 5. The van der Waals surface area contributed by atoms with Crippen LogP contribution < -0.4 is 10.5 Å². The van der Waals surface area contributed by atoms with Gasteiger partial charge in [-0.25, -0.2) is 4.79 Å². The normalized spacial score (nSPS) is 10.2. The molecule has 0 radical (unpaired) electrons. The summed E-state index contributed by atoms with van der Waals surface area (Å²) in [7, 11) is 0. The Bertz CT molecular complexity index is 722. The summed E-state index contributed by atoms with van der Waals surface area (Å²) in [6, 6.07) is 7.32. The maximum Gasteiger partial charge on any atom is 0.336 e. The monoisotopic (exact) mass is 267 g/mol. The zero-order valence-corrected chi connectivity index (χ0v) is 11.6. The van der Waals surface area contributed by atoms with Crippen LogP contribution in [0.2, 0.25) is 0 Å². The molecule has 0 unspecified atom stereocenters. The highest BCUT2D eigenvalue weighted by atomic mass is 16.4. The third-order valence-electron chi connectivity index (χ3n) is 3.19. The molecule has 0 saturated carbocycles. The fourth-order valence-corrected chi connectivity index (χ4v) is 2.17. The fourth-order valence-electron chi connectivity index (χ4n) is 2.17. The van der Waals surface area contributed by atoms with Gasteiger partial charge in [0, 0.05) is 29.8 Å². The van der Waals surface area contributed by atoms with Gasteiger partial charge in [0.05, 0.1) is 6.54 Å². The van der Waals surface area contributed by atoms with Gasteiger partial charge in [0.2, 0.25) is 0 Å². The van der Waals surface area contributed by atoms with Gasteiger partial charge in [-0.1, -0.05) is 12.0 Å². The molecule has 102 valence electrons. The second-order valence-corrected chi connectivity index (χ2v) is 4.63. The molecular formula is C17H17NO2. The van der Waals surface area contributed by atoms with Crippen LogP contribution in [0.3, 0.4) is 0 Å². The molecule has 1 aromatic carbocycles. The minimum absolute atomic E-state index is 0.332. The first kappa shape index (κ1) is 14.0. The molecule has 0 aliphatic carbocycles. The van der Waals surface area contributed by atoms with Crippen molar-refractivity contribution in [1.29, 1.82) is 0 Å². The van der Waals surface area contributed by atoms with Crippen LogP contribution in [0.5, 0.6) is 0 Å². The van der Waals surface area contributed by atoms with Gasteiger partial charge in [-0.05, 0) is 31.0 Å². The van der Waals surface area contributed by atoms with Gasteiger partial charge < -0.3 is 9.32 Å². The number of anilines is 1. The highest BCUT2D eigenvalue weighted by Gasteiger charge is 2.08. The Morgan fingerprint density at radius 1 is 1.45 bits per heavy atom. The molecule has 0 amide bonds. The van der Waals surface area contributed by atoms with E-state index in [1.807, 2.05) is 31.2 Å². The molecule has 20 heavy (non-hydrogen) atoms. The molecule has 1 heterocycles. The lowest BCUT2D eigenvalue weighted by Crippen LogP contribution is -2.24. The number of terminal acetylenes is 1. The summed E-state index contributed by atoms with van der Waals surface area (Å²) >= 11 is 0. The number of hydrogen-bond donors (Lipinski definition) is 0. The van der Waals surface area contributed by atoms with Crippen LogP contribution in [-0.2, 0) is 0 Å². The summed E-state index contributed by atoms with van der Waals surface area (Å²) in [5.74, 6) is 2.65. The van der Waals surface area contributed by atoms with Crippen molar-refractivity contribution in [3.63, 3.8) is 0 Å². The highest BCUT2D eigenvalue weighted by molar-refractivity contribution is 5.83. The number of benzene rings is 1. The van der Waals surface area contributed by atoms with Gasteiger partial charge in [0.25, 0.3) is 0 Å². The molecule has 0 aliphatic rings.